The number of benzene rings is 3. The Bertz CT molecular complexity index is 1150. The van der Waals surface area contributed by atoms with Gasteiger partial charge in [0.1, 0.15) is 0 Å². The van der Waals surface area contributed by atoms with Gasteiger partial charge in [-0.1, -0.05) is 48.9 Å². The van der Waals surface area contributed by atoms with Gasteiger partial charge in [-0.25, -0.2) is 8.42 Å². The largest absolute Gasteiger partial charge is 0.376 e. The summed E-state index contributed by atoms with van der Waals surface area (Å²) in [5.74, 6) is -0.196. The number of carbonyl (C=O) groups is 1. The zero-order valence-corrected chi connectivity index (χ0v) is 18.2. The number of carbonyl (C=O) groups excluding carboxylic acids is 1. The van der Waals surface area contributed by atoms with Crippen molar-refractivity contribution in [1.82, 2.24) is 0 Å². The summed E-state index contributed by atoms with van der Waals surface area (Å²) in [4.78, 5) is 12.9. The molecule has 0 atom stereocenters. The standard InChI is InChI=1S/C24H26N2O3S/c1-4-20-22(25-16-24(27)26-21-9-6-5-8-18(21)3)10-7-11-23(20)30(28,29)19-14-12-17(2)13-15-19/h5-15,25H,4,16H2,1-3H3,(H,26,27). The molecule has 0 aliphatic heterocycles. The highest BCUT2D eigenvalue weighted by Gasteiger charge is 2.22. The topological polar surface area (TPSA) is 75.3 Å². The fourth-order valence-electron chi connectivity index (χ4n) is 3.28. The van der Waals surface area contributed by atoms with E-state index in [1.54, 1.807) is 42.5 Å². The predicted molar refractivity (Wildman–Crippen MR) is 121 cm³/mol. The molecule has 0 radical (unpaired) electrons. The van der Waals surface area contributed by atoms with Gasteiger partial charge in [0.2, 0.25) is 15.7 Å². The molecule has 5 nitrogen and oxygen atoms in total. The minimum absolute atomic E-state index is 0.0371. The van der Waals surface area contributed by atoms with Gasteiger partial charge in [-0.3, -0.25) is 4.79 Å². The van der Waals surface area contributed by atoms with Gasteiger partial charge >= 0.3 is 0 Å². The van der Waals surface area contributed by atoms with Crippen LogP contribution in [0.1, 0.15) is 23.6 Å². The Morgan fingerprint density at radius 3 is 2.20 bits per heavy atom. The van der Waals surface area contributed by atoms with Gasteiger partial charge in [-0.2, -0.15) is 0 Å². The number of anilines is 2. The van der Waals surface area contributed by atoms with Crippen molar-refractivity contribution in [3.63, 3.8) is 0 Å². The molecule has 0 heterocycles. The van der Waals surface area contributed by atoms with E-state index >= 15 is 0 Å². The van der Waals surface area contributed by atoms with Crippen LogP contribution >= 0.6 is 0 Å². The SMILES string of the molecule is CCc1c(NCC(=O)Nc2ccccc2C)cccc1S(=O)(=O)c1ccc(C)cc1. The fourth-order valence-corrected chi connectivity index (χ4v) is 4.86. The van der Waals surface area contributed by atoms with Crippen LogP contribution in [0.25, 0.3) is 0 Å². The lowest BCUT2D eigenvalue weighted by molar-refractivity contribution is -0.114. The van der Waals surface area contributed by atoms with Gasteiger partial charge in [-0.15, -0.1) is 0 Å². The molecule has 0 saturated heterocycles. The molecular formula is C24H26N2O3S. The molecule has 6 heteroatoms. The van der Waals surface area contributed by atoms with Gasteiger partial charge < -0.3 is 10.6 Å². The van der Waals surface area contributed by atoms with Crippen LogP contribution in [0.4, 0.5) is 11.4 Å². The van der Waals surface area contributed by atoms with Gasteiger partial charge in [0.15, 0.2) is 0 Å². The number of sulfone groups is 1. The number of rotatable bonds is 7. The van der Waals surface area contributed by atoms with Gasteiger partial charge in [-0.05, 0) is 61.7 Å². The Balaban J connectivity index is 1.82. The van der Waals surface area contributed by atoms with Crippen LogP contribution in [0.15, 0.2) is 76.5 Å². The van der Waals surface area contributed by atoms with Gasteiger partial charge in [0.05, 0.1) is 16.3 Å². The summed E-state index contributed by atoms with van der Waals surface area (Å²) in [6, 6.07) is 19.5. The maximum atomic E-state index is 13.2. The first-order valence-corrected chi connectivity index (χ1v) is 11.3. The summed E-state index contributed by atoms with van der Waals surface area (Å²) in [5.41, 5.74) is 4.05. The molecule has 0 saturated carbocycles. The average Bonchev–Trinajstić information content (AvgIpc) is 2.74. The van der Waals surface area contributed by atoms with Crippen molar-refractivity contribution >= 4 is 27.1 Å². The molecule has 0 aliphatic rings. The van der Waals surface area contributed by atoms with E-state index in [1.165, 1.54) is 0 Å². The molecule has 2 N–H and O–H groups in total. The van der Waals surface area contributed by atoms with Crippen molar-refractivity contribution < 1.29 is 13.2 Å². The Morgan fingerprint density at radius 1 is 0.867 bits per heavy atom. The molecule has 3 rings (SSSR count). The van der Waals surface area contributed by atoms with E-state index < -0.39 is 9.84 Å². The summed E-state index contributed by atoms with van der Waals surface area (Å²) in [6.45, 7) is 5.79. The van der Waals surface area contributed by atoms with E-state index in [4.69, 9.17) is 0 Å². The third-order valence-electron chi connectivity index (χ3n) is 4.97. The van der Waals surface area contributed by atoms with Crippen molar-refractivity contribution in [2.24, 2.45) is 0 Å². The molecule has 1 amide bonds. The molecule has 0 aromatic heterocycles. The molecule has 0 unspecified atom stereocenters. The summed E-state index contributed by atoms with van der Waals surface area (Å²) in [5, 5.41) is 5.97. The van der Waals surface area contributed by atoms with E-state index in [2.05, 4.69) is 10.6 Å². The van der Waals surface area contributed by atoms with E-state index in [0.717, 1.165) is 16.8 Å². The number of hydrogen-bond acceptors (Lipinski definition) is 4. The maximum Gasteiger partial charge on any atom is 0.243 e. The second-order valence-corrected chi connectivity index (χ2v) is 9.09. The second-order valence-electron chi connectivity index (χ2n) is 7.17. The Labute approximate surface area is 178 Å². The van der Waals surface area contributed by atoms with Crippen molar-refractivity contribution in [3.8, 4) is 0 Å². The van der Waals surface area contributed by atoms with Crippen molar-refractivity contribution in [3.05, 3.63) is 83.4 Å². The maximum absolute atomic E-state index is 13.2. The first-order chi connectivity index (χ1) is 14.3. The third kappa shape index (κ3) is 4.71. The van der Waals surface area contributed by atoms with Crippen LogP contribution in [0, 0.1) is 13.8 Å². The molecule has 0 aliphatic carbocycles. The van der Waals surface area contributed by atoms with Gasteiger partial charge in [0.25, 0.3) is 0 Å². The number of aryl methyl sites for hydroxylation is 2. The zero-order valence-electron chi connectivity index (χ0n) is 17.4. The molecule has 30 heavy (non-hydrogen) atoms. The lowest BCUT2D eigenvalue weighted by atomic mass is 10.1. The van der Waals surface area contributed by atoms with E-state index in [9.17, 15) is 13.2 Å². The highest BCUT2D eigenvalue weighted by Crippen LogP contribution is 2.29. The molecule has 3 aromatic rings. The van der Waals surface area contributed by atoms with Crippen molar-refractivity contribution in [2.45, 2.75) is 37.0 Å². The molecule has 3 aromatic carbocycles. The molecule has 156 valence electrons. The third-order valence-corrected chi connectivity index (χ3v) is 6.82. The minimum Gasteiger partial charge on any atom is -0.376 e. The van der Waals surface area contributed by atoms with Crippen LogP contribution in [0.2, 0.25) is 0 Å². The molecule has 0 fully saturated rings. The Kier molecular flexibility index (Phi) is 6.57. The predicted octanol–water partition coefficient (Wildman–Crippen LogP) is 4.75. The normalized spacial score (nSPS) is 11.2. The summed E-state index contributed by atoms with van der Waals surface area (Å²) < 4.78 is 26.4. The van der Waals surface area contributed by atoms with Crippen LogP contribution < -0.4 is 10.6 Å². The van der Waals surface area contributed by atoms with E-state index in [0.29, 0.717) is 17.7 Å². The van der Waals surface area contributed by atoms with Crippen LogP contribution in [-0.2, 0) is 21.1 Å². The highest BCUT2D eigenvalue weighted by molar-refractivity contribution is 7.91. The summed E-state index contributed by atoms with van der Waals surface area (Å²) >= 11 is 0. The Morgan fingerprint density at radius 2 is 1.53 bits per heavy atom. The second kappa shape index (κ2) is 9.13. The minimum atomic E-state index is -3.65. The summed E-state index contributed by atoms with van der Waals surface area (Å²) in [6.07, 6.45) is 0.517. The smallest absolute Gasteiger partial charge is 0.243 e. The summed E-state index contributed by atoms with van der Waals surface area (Å²) in [7, 11) is -3.65. The van der Waals surface area contributed by atoms with Crippen molar-refractivity contribution in [2.75, 3.05) is 17.2 Å². The van der Waals surface area contributed by atoms with Crippen LogP contribution in [0.5, 0.6) is 0 Å². The van der Waals surface area contributed by atoms with Crippen LogP contribution in [0.3, 0.4) is 0 Å². The van der Waals surface area contributed by atoms with E-state index in [1.807, 2.05) is 45.0 Å². The van der Waals surface area contributed by atoms with Crippen molar-refractivity contribution in [1.29, 1.82) is 0 Å². The number of para-hydroxylation sites is 1. The Hall–Kier alpha value is -3.12. The quantitative estimate of drug-likeness (QED) is 0.576. The lowest BCUT2D eigenvalue weighted by Gasteiger charge is -2.16. The van der Waals surface area contributed by atoms with Gasteiger partial charge in [0, 0.05) is 11.4 Å². The number of nitrogens with one attached hydrogen (secondary N) is 2. The van der Waals surface area contributed by atoms with E-state index in [-0.39, 0.29) is 22.2 Å². The fraction of sp³-hybridized carbons (Fsp3) is 0.208. The molecule has 0 bridgehead atoms. The number of amides is 1. The molecule has 0 spiro atoms. The average molecular weight is 423 g/mol. The molecular weight excluding hydrogens is 396 g/mol. The monoisotopic (exact) mass is 422 g/mol. The highest BCUT2D eigenvalue weighted by atomic mass is 32.2. The zero-order chi connectivity index (χ0) is 21.7. The lowest BCUT2D eigenvalue weighted by Crippen LogP contribution is -2.23. The first-order valence-electron chi connectivity index (χ1n) is 9.86. The number of hydrogen-bond donors (Lipinski definition) is 2. The first kappa shape index (κ1) is 21.6. The van der Waals surface area contributed by atoms with Crippen LogP contribution in [-0.4, -0.2) is 20.9 Å².